The lowest BCUT2D eigenvalue weighted by atomic mass is 9.88. The first-order valence-corrected chi connectivity index (χ1v) is 8.32. The van der Waals surface area contributed by atoms with E-state index in [4.69, 9.17) is 10.5 Å². The van der Waals surface area contributed by atoms with Gasteiger partial charge in [-0.2, -0.15) is 0 Å². The maximum absolute atomic E-state index is 6.18. The van der Waals surface area contributed by atoms with Gasteiger partial charge in [-0.1, -0.05) is 45.1 Å². The van der Waals surface area contributed by atoms with Crippen LogP contribution in [0, 0.1) is 0 Å². The molecule has 112 valence electrons. The van der Waals surface area contributed by atoms with E-state index in [1.54, 1.807) is 0 Å². The Morgan fingerprint density at radius 1 is 1.15 bits per heavy atom. The highest BCUT2D eigenvalue weighted by molar-refractivity contribution is 5.39. The first-order chi connectivity index (χ1) is 9.81. The summed E-state index contributed by atoms with van der Waals surface area (Å²) in [7, 11) is 0. The summed E-state index contributed by atoms with van der Waals surface area (Å²) in [4.78, 5) is 0. The van der Waals surface area contributed by atoms with Crippen molar-refractivity contribution in [3.05, 3.63) is 29.3 Å². The van der Waals surface area contributed by atoms with Gasteiger partial charge in [0, 0.05) is 6.04 Å². The fraction of sp³-hybridized carbons (Fsp3) is 0.667. The Bertz CT molecular complexity index is 402. The Hall–Kier alpha value is -1.02. The van der Waals surface area contributed by atoms with Gasteiger partial charge in [-0.15, -0.1) is 0 Å². The van der Waals surface area contributed by atoms with Gasteiger partial charge in [-0.05, 0) is 48.9 Å². The Morgan fingerprint density at radius 2 is 1.95 bits per heavy atom. The highest BCUT2D eigenvalue weighted by Crippen LogP contribution is 2.30. The second-order valence-electron chi connectivity index (χ2n) is 5.98. The molecule has 2 rings (SSSR count). The zero-order chi connectivity index (χ0) is 14.2. The van der Waals surface area contributed by atoms with Gasteiger partial charge in [0.2, 0.25) is 0 Å². The average molecular weight is 275 g/mol. The molecule has 0 amide bonds. The van der Waals surface area contributed by atoms with E-state index in [1.807, 2.05) is 0 Å². The van der Waals surface area contributed by atoms with Gasteiger partial charge in [0.05, 0.1) is 6.61 Å². The SMILES string of the molecule is CCCCCCCCOc1ccc2c(c1)[C@@H](N)CCC2. The standard InChI is InChI=1S/C18H29NO/c1-2-3-4-5-6-7-13-20-16-12-11-15-9-8-10-18(19)17(15)14-16/h11-12,14,18H,2-10,13,19H2,1H3/t18-/m0/s1. The minimum atomic E-state index is 0.205. The highest BCUT2D eigenvalue weighted by atomic mass is 16.5. The normalized spacial score (nSPS) is 17.8. The molecule has 0 aliphatic heterocycles. The number of aryl methyl sites for hydroxylation is 1. The summed E-state index contributed by atoms with van der Waals surface area (Å²) in [6.07, 6.45) is 11.3. The number of benzene rings is 1. The second-order valence-corrected chi connectivity index (χ2v) is 5.98. The van der Waals surface area contributed by atoms with E-state index < -0.39 is 0 Å². The van der Waals surface area contributed by atoms with Crippen LogP contribution in [0.1, 0.15) is 75.5 Å². The van der Waals surface area contributed by atoms with Crippen LogP contribution >= 0.6 is 0 Å². The third-order valence-electron chi connectivity index (χ3n) is 4.24. The van der Waals surface area contributed by atoms with Crippen LogP contribution < -0.4 is 10.5 Å². The first-order valence-electron chi connectivity index (χ1n) is 8.32. The molecule has 0 fully saturated rings. The largest absolute Gasteiger partial charge is 0.494 e. The molecule has 1 atom stereocenters. The monoisotopic (exact) mass is 275 g/mol. The molecule has 1 aliphatic rings. The van der Waals surface area contributed by atoms with Crippen molar-refractivity contribution in [3.63, 3.8) is 0 Å². The van der Waals surface area contributed by atoms with Crippen molar-refractivity contribution in [2.45, 2.75) is 70.8 Å². The number of hydrogen-bond donors (Lipinski definition) is 1. The lowest BCUT2D eigenvalue weighted by Crippen LogP contribution is -2.17. The number of fused-ring (bicyclic) bond motifs is 1. The molecule has 0 aromatic heterocycles. The molecule has 1 aliphatic carbocycles. The van der Waals surface area contributed by atoms with Gasteiger partial charge in [0.15, 0.2) is 0 Å². The van der Waals surface area contributed by atoms with E-state index in [0.29, 0.717) is 0 Å². The number of rotatable bonds is 8. The van der Waals surface area contributed by atoms with Crippen molar-refractivity contribution in [2.75, 3.05) is 6.61 Å². The van der Waals surface area contributed by atoms with Crippen LogP contribution in [0.3, 0.4) is 0 Å². The minimum Gasteiger partial charge on any atom is -0.494 e. The third kappa shape index (κ3) is 4.52. The Morgan fingerprint density at radius 3 is 2.80 bits per heavy atom. The van der Waals surface area contributed by atoms with Crippen LogP contribution in [-0.2, 0) is 6.42 Å². The summed E-state index contributed by atoms with van der Waals surface area (Å²) in [6, 6.07) is 6.67. The van der Waals surface area contributed by atoms with E-state index >= 15 is 0 Å². The third-order valence-corrected chi connectivity index (χ3v) is 4.24. The van der Waals surface area contributed by atoms with Gasteiger partial charge in [0.25, 0.3) is 0 Å². The summed E-state index contributed by atoms with van der Waals surface area (Å²) < 4.78 is 5.87. The van der Waals surface area contributed by atoms with Gasteiger partial charge >= 0.3 is 0 Å². The Balaban J connectivity index is 1.72. The molecule has 0 saturated carbocycles. The fourth-order valence-electron chi connectivity index (χ4n) is 2.98. The van der Waals surface area contributed by atoms with Crippen LogP contribution in [0.15, 0.2) is 18.2 Å². The molecule has 20 heavy (non-hydrogen) atoms. The van der Waals surface area contributed by atoms with Crippen LogP contribution in [0.5, 0.6) is 5.75 Å². The zero-order valence-corrected chi connectivity index (χ0v) is 12.9. The molecular weight excluding hydrogens is 246 g/mol. The topological polar surface area (TPSA) is 35.2 Å². The molecule has 0 heterocycles. The number of unbranched alkanes of at least 4 members (excludes halogenated alkanes) is 5. The smallest absolute Gasteiger partial charge is 0.119 e. The maximum Gasteiger partial charge on any atom is 0.119 e. The van der Waals surface area contributed by atoms with Crippen molar-refractivity contribution in [1.82, 2.24) is 0 Å². The zero-order valence-electron chi connectivity index (χ0n) is 12.9. The van der Waals surface area contributed by atoms with Gasteiger partial charge in [-0.3, -0.25) is 0 Å². The van der Waals surface area contributed by atoms with Gasteiger partial charge in [0.1, 0.15) is 5.75 Å². The van der Waals surface area contributed by atoms with Gasteiger partial charge in [-0.25, -0.2) is 0 Å². The van der Waals surface area contributed by atoms with Crippen LogP contribution in [-0.4, -0.2) is 6.61 Å². The number of nitrogens with two attached hydrogens (primary N) is 1. The summed E-state index contributed by atoms with van der Waals surface area (Å²) in [6.45, 7) is 3.09. The van der Waals surface area contributed by atoms with E-state index in [2.05, 4.69) is 25.1 Å². The number of ether oxygens (including phenoxy) is 1. The molecular formula is C18H29NO. The average Bonchev–Trinajstić information content (AvgIpc) is 2.47. The molecule has 0 bridgehead atoms. The van der Waals surface area contributed by atoms with Crippen molar-refractivity contribution in [2.24, 2.45) is 5.73 Å². The van der Waals surface area contributed by atoms with E-state index in [-0.39, 0.29) is 6.04 Å². The number of hydrogen-bond acceptors (Lipinski definition) is 2. The summed E-state index contributed by atoms with van der Waals surface area (Å²) in [5.74, 6) is 0.995. The lowest BCUT2D eigenvalue weighted by Gasteiger charge is -2.22. The first kappa shape index (κ1) is 15.4. The fourth-order valence-corrected chi connectivity index (χ4v) is 2.98. The molecule has 0 unspecified atom stereocenters. The minimum absolute atomic E-state index is 0.205. The molecule has 1 aromatic rings. The summed E-state index contributed by atoms with van der Waals surface area (Å²) >= 11 is 0. The molecule has 2 nitrogen and oxygen atoms in total. The van der Waals surface area contributed by atoms with Crippen LogP contribution in [0.25, 0.3) is 0 Å². The van der Waals surface area contributed by atoms with E-state index in [0.717, 1.165) is 25.2 Å². The van der Waals surface area contributed by atoms with E-state index in [1.165, 1.54) is 56.1 Å². The lowest BCUT2D eigenvalue weighted by molar-refractivity contribution is 0.303. The van der Waals surface area contributed by atoms with Crippen molar-refractivity contribution in [3.8, 4) is 5.75 Å². The van der Waals surface area contributed by atoms with Crippen LogP contribution in [0.4, 0.5) is 0 Å². The second kappa shape index (κ2) is 8.31. The molecule has 0 saturated heterocycles. The molecule has 2 heteroatoms. The molecule has 2 N–H and O–H groups in total. The van der Waals surface area contributed by atoms with Crippen LogP contribution in [0.2, 0.25) is 0 Å². The quantitative estimate of drug-likeness (QED) is 0.694. The van der Waals surface area contributed by atoms with Crippen molar-refractivity contribution >= 4 is 0 Å². The predicted octanol–water partition coefficient (Wildman–Crippen LogP) is 4.76. The predicted molar refractivity (Wildman–Crippen MR) is 85.2 cm³/mol. The Kier molecular flexibility index (Phi) is 6.38. The molecule has 0 radical (unpaired) electrons. The van der Waals surface area contributed by atoms with Gasteiger partial charge < -0.3 is 10.5 Å². The summed E-state index contributed by atoms with van der Waals surface area (Å²) in [5, 5.41) is 0. The van der Waals surface area contributed by atoms with Crippen molar-refractivity contribution < 1.29 is 4.74 Å². The highest BCUT2D eigenvalue weighted by Gasteiger charge is 2.17. The van der Waals surface area contributed by atoms with E-state index in [9.17, 15) is 0 Å². The molecule has 0 spiro atoms. The van der Waals surface area contributed by atoms with Crippen molar-refractivity contribution in [1.29, 1.82) is 0 Å². The maximum atomic E-state index is 6.18. The summed E-state index contributed by atoms with van der Waals surface area (Å²) in [5.41, 5.74) is 8.90. The molecule has 1 aromatic carbocycles. The Labute approximate surface area is 123 Å².